The molecule has 1 heterocycles. The van der Waals surface area contributed by atoms with Crippen LogP contribution in [0.2, 0.25) is 0 Å². The zero-order valence-corrected chi connectivity index (χ0v) is 10.5. The zero-order chi connectivity index (χ0) is 12.8. The van der Waals surface area contributed by atoms with E-state index >= 15 is 0 Å². The van der Waals surface area contributed by atoms with Gasteiger partial charge in [-0.25, -0.2) is 4.79 Å². The van der Waals surface area contributed by atoms with Crippen molar-refractivity contribution in [2.45, 2.75) is 52.0 Å². The normalized spacial score (nSPS) is 27.2. The molecule has 5 nitrogen and oxygen atoms in total. The third kappa shape index (κ3) is 1.64. The number of carbonyl (C=O) groups is 3. The van der Waals surface area contributed by atoms with Gasteiger partial charge in [-0.1, -0.05) is 12.8 Å². The Kier molecular flexibility index (Phi) is 2.52. The van der Waals surface area contributed by atoms with Gasteiger partial charge in [0, 0.05) is 5.54 Å². The molecule has 94 valence electrons. The number of imide groups is 2. The molecule has 0 atom stereocenters. The van der Waals surface area contributed by atoms with E-state index in [9.17, 15) is 14.4 Å². The van der Waals surface area contributed by atoms with Gasteiger partial charge in [-0.15, -0.1) is 0 Å². The number of nitrogens with zero attached hydrogens (tertiary/aromatic N) is 1. The third-order valence-electron chi connectivity index (χ3n) is 3.95. The lowest BCUT2D eigenvalue weighted by atomic mass is 9.85. The van der Waals surface area contributed by atoms with E-state index in [4.69, 9.17) is 0 Å². The van der Waals surface area contributed by atoms with Crippen LogP contribution in [0.4, 0.5) is 4.79 Å². The number of rotatable bonds is 1. The van der Waals surface area contributed by atoms with E-state index in [0.29, 0.717) is 0 Å². The van der Waals surface area contributed by atoms with Crippen LogP contribution in [0.3, 0.4) is 0 Å². The summed E-state index contributed by atoms with van der Waals surface area (Å²) in [6, 6.07) is -0.566. The molecule has 17 heavy (non-hydrogen) atoms. The van der Waals surface area contributed by atoms with E-state index in [1.54, 1.807) is 13.8 Å². The maximum atomic E-state index is 12.3. The van der Waals surface area contributed by atoms with Crippen LogP contribution in [-0.4, -0.2) is 28.3 Å². The van der Waals surface area contributed by atoms with Crippen molar-refractivity contribution in [1.82, 2.24) is 10.2 Å². The van der Waals surface area contributed by atoms with Crippen molar-refractivity contribution < 1.29 is 14.4 Å². The fraction of sp³-hybridized carbons (Fsp3) is 0.750. The molecule has 2 fully saturated rings. The largest absolute Gasteiger partial charge is 0.331 e. The van der Waals surface area contributed by atoms with Crippen LogP contribution in [0.25, 0.3) is 0 Å². The summed E-state index contributed by atoms with van der Waals surface area (Å²) in [5.74, 6) is -0.888. The van der Waals surface area contributed by atoms with E-state index < -0.39 is 22.9 Å². The molecular weight excluding hydrogens is 220 g/mol. The second kappa shape index (κ2) is 3.55. The number of carbonyl (C=O) groups excluding carboxylic acids is 3. The smallest absolute Gasteiger partial charge is 0.277 e. The topological polar surface area (TPSA) is 66.5 Å². The summed E-state index contributed by atoms with van der Waals surface area (Å²) in [6.45, 7) is 5.04. The third-order valence-corrected chi connectivity index (χ3v) is 3.95. The van der Waals surface area contributed by atoms with Crippen molar-refractivity contribution in [3.8, 4) is 0 Å². The number of hydrogen-bond acceptors (Lipinski definition) is 3. The number of amides is 4. The maximum Gasteiger partial charge on any atom is 0.331 e. The summed E-state index contributed by atoms with van der Waals surface area (Å²) in [6.07, 6.45) is 3.66. The Morgan fingerprint density at radius 1 is 1.06 bits per heavy atom. The molecule has 0 spiro atoms. The number of barbiturate groups is 1. The predicted octanol–water partition coefficient (Wildman–Crippen LogP) is 1.42. The Labute approximate surface area is 101 Å². The fourth-order valence-electron chi connectivity index (χ4n) is 2.63. The maximum absolute atomic E-state index is 12.3. The number of urea groups is 1. The van der Waals surface area contributed by atoms with Gasteiger partial charge in [0.05, 0.1) is 0 Å². The quantitative estimate of drug-likeness (QED) is 0.703. The van der Waals surface area contributed by atoms with E-state index in [1.165, 1.54) is 4.90 Å². The fourth-order valence-corrected chi connectivity index (χ4v) is 2.63. The molecule has 2 rings (SSSR count). The monoisotopic (exact) mass is 238 g/mol. The van der Waals surface area contributed by atoms with Gasteiger partial charge in [0.1, 0.15) is 5.41 Å². The summed E-state index contributed by atoms with van der Waals surface area (Å²) in [4.78, 5) is 37.1. The zero-order valence-electron chi connectivity index (χ0n) is 10.5. The second-order valence-corrected chi connectivity index (χ2v) is 5.73. The van der Waals surface area contributed by atoms with Gasteiger partial charge in [0.2, 0.25) is 11.8 Å². The van der Waals surface area contributed by atoms with E-state index in [1.807, 2.05) is 6.92 Å². The minimum atomic E-state index is -1.15. The molecule has 1 aliphatic heterocycles. The Hall–Kier alpha value is -1.39. The van der Waals surface area contributed by atoms with Gasteiger partial charge in [-0.05, 0) is 33.6 Å². The van der Waals surface area contributed by atoms with Crippen LogP contribution in [0.5, 0.6) is 0 Å². The molecular formula is C12H18N2O3. The molecule has 1 saturated heterocycles. The average molecular weight is 238 g/mol. The van der Waals surface area contributed by atoms with Crippen LogP contribution in [-0.2, 0) is 9.59 Å². The van der Waals surface area contributed by atoms with Crippen molar-refractivity contribution >= 4 is 17.8 Å². The lowest BCUT2D eigenvalue weighted by molar-refractivity contribution is -0.152. The van der Waals surface area contributed by atoms with Crippen LogP contribution in [0, 0.1) is 5.41 Å². The summed E-state index contributed by atoms with van der Waals surface area (Å²) in [5.41, 5.74) is -1.58. The van der Waals surface area contributed by atoms with Gasteiger partial charge >= 0.3 is 6.03 Å². The highest BCUT2D eigenvalue weighted by Crippen LogP contribution is 2.38. The summed E-state index contributed by atoms with van der Waals surface area (Å²) >= 11 is 0. The Bertz CT molecular complexity index is 395. The molecule has 1 N–H and O–H groups in total. The first kappa shape index (κ1) is 12.1. The van der Waals surface area contributed by atoms with Gasteiger partial charge in [-0.3, -0.25) is 19.8 Å². The van der Waals surface area contributed by atoms with Crippen LogP contribution in [0.1, 0.15) is 46.5 Å². The summed E-state index contributed by atoms with van der Waals surface area (Å²) in [5, 5.41) is 2.28. The SMILES string of the molecule is CC1(C)C(=O)NC(=O)N(C2(C)CCCC2)C1=O. The molecule has 2 aliphatic rings. The average Bonchev–Trinajstić information content (AvgIpc) is 2.63. The minimum Gasteiger partial charge on any atom is -0.277 e. The van der Waals surface area contributed by atoms with Crippen LogP contribution < -0.4 is 5.32 Å². The standard InChI is InChI=1S/C12H18N2O3/c1-11(2)8(15)13-10(17)14(9(11)16)12(3)6-4-5-7-12/h4-7H2,1-3H3,(H,13,15,17). The van der Waals surface area contributed by atoms with Gasteiger partial charge in [0.25, 0.3) is 0 Å². The van der Waals surface area contributed by atoms with Gasteiger partial charge in [-0.2, -0.15) is 0 Å². The lowest BCUT2D eigenvalue weighted by Gasteiger charge is -2.43. The molecule has 0 radical (unpaired) electrons. The minimum absolute atomic E-state index is 0.379. The highest BCUT2D eigenvalue weighted by atomic mass is 16.2. The molecule has 0 unspecified atom stereocenters. The molecule has 4 amide bonds. The highest BCUT2D eigenvalue weighted by molar-refractivity contribution is 6.19. The summed E-state index contributed by atoms with van der Waals surface area (Å²) < 4.78 is 0. The molecule has 0 aromatic rings. The van der Waals surface area contributed by atoms with Crippen molar-refractivity contribution in [2.24, 2.45) is 5.41 Å². The number of nitrogens with one attached hydrogen (secondary N) is 1. The van der Waals surface area contributed by atoms with Crippen LogP contribution >= 0.6 is 0 Å². The first-order valence-corrected chi connectivity index (χ1v) is 5.99. The molecule has 5 heteroatoms. The lowest BCUT2D eigenvalue weighted by Crippen LogP contribution is -2.67. The van der Waals surface area contributed by atoms with Crippen molar-refractivity contribution in [2.75, 3.05) is 0 Å². The van der Waals surface area contributed by atoms with Gasteiger partial charge in [0.15, 0.2) is 0 Å². The Morgan fingerprint density at radius 2 is 1.59 bits per heavy atom. The van der Waals surface area contributed by atoms with Crippen molar-refractivity contribution in [3.05, 3.63) is 0 Å². The first-order chi connectivity index (χ1) is 7.79. The molecule has 0 aromatic heterocycles. The predicted molar refractivity (Wildman–Crippen MR) is 61.0 cm³/mol. The molecule has 0 bridgehead atoms. The van der Waals surface area contributed by atoms with E-state index in [0.717, 1.165) is 25.7 Å². The van der Waals surface area contributed by atoms with Crippen molar-refractivity contribution in [3.63, 3.8) is 0 Å². The molecule has 1 aliphatic carbocycles. The first-order valence-electron chi connectivity index (χ1n) is 5.99. The van der Waals surface area contributed by atoms with Crippen molar-refractivity contribution in [1.29, 1.82) is 0 Å². The Balaban J connectivity index is 2.37. The molecule has 1 saturated carbocycles. The second-order valence-electron chi connectivity index (χ2n) is 5.73. The van der Waals surface area contributed by atoms with Gasteiger partial charge < -0.3 is 0 Å². The number of hydrogen-bond donors (Lipinski definition) is 1. The highest BCUT2D eigenvalue weighted by Gasteiger charge is 2.53. The van der Waals surface area contributed by atoms with E-state index in [2.05, 4.69) is 5.32 Å². The summed E-state index contributed by atoms with van der Waals surface area (Å²) in [7, 11) is 0. The Morgan fingerprint density at radius 3 is 2.12 bits per heavy atom. The molecule has 0 aromatic carbocycles. The van der Waals surface area contributed by atoms with E-state index in [-0.39, 0.29) is 5.91 Å². The van der Waals surface area contributed by atoms with Crippen LogP contribution in [0.15, 0.2) is 0 Å².